The van der Waals surface area contributed by atoms with Gasteiger partial charge in [0, 0.05) is 43.9 Å². The monoisotopic (exact) mass is 624 g/mol. The van der Waals surface area contributed by atoms with E-state index in [2.05, 4.69) is 129 Å². The highest BCUT2D eigenvalue weighted by Crippen LogP contribution is 2.36. The zero-order valence-electron chi connectivity index (χ0n) is 28.2. The number of rotatable bonds is 4. The third kappa shape index (κ3) is 4.58. The second kappa shape index (κ2) is 11.2. The normalized spacial score (nSPS) is 11.7. The maximum Gasteiger partial charge on any atom is 0.164 e. The first-order chi connectivity index (χ1) is 23.9. The summed E-state index contributed by atoms with van der Waals surface area (Å²) in [6.45, 7) is 0. The van der Waals surface area contributed by atoms with Gasteiger partial charge in [0.1, 0.15) is 50.4 Å². The second-order valence-electron chi connectivity index (χ2n) is 13.0. The fourth-order valence-corrected chi connectivity index (χ4v) is 7.41. The van der Waals surface area contributed by atoms with Crippen molar-refractivity contribution >= 4 is 110 Å². The van der Waals surface area contributed by atoms with Crippen molar-refractivity contribution in [1.29, 1.82) is 0 Å². The Kier molecular flexibility index (Phi) is 6.70. The third-order valence-corrected chi connectivity index (χ3v) is 10.4. The van der Waals surface area contributed by atoms with E-state index in [0.29, 0.717) is 17.5 Å². The highest BCUT2D eigenvalue weighted by molar-refractivity contribution is 6.68. The molecule has 0 atom stereocenters. The van der Waals surface area contributed by atoms with Gasteiger partial charge in [-0.3, -0.25) is 0 Å². The predicted molar refractivity (Wildman–Crippen MR) is 219 cm³/mol. The second-order valence-corrected chi connectivity index (χ2v) is 13.0. The molecule has 0 N–H and O–H groups in total. The van der Waals surface area contributed by atoms with Crippen LogP contribution in [0.25, 0.3) is 83.6 Å². The van der Waals surface area contributed by atoms with Crippen LogP contribution in [-0.2, 0) is 0 Å². The summed E-state index contributed by atoms with van der Waals surface area (Å²) in [6, 6.07) is 40.1. The highest BCUT2D eigenvalue weighted by Gasteiger charge is 2.20. The van der Waals surface area contributed by atoms with Crippen molar-refractivity contribution < 1.29 is 4.42 Å². The lowest BCUT2D eigenvalue weighted by Gasteiger charge is -2.20. The molecule has 0 spiro atoms. The summed E-state index contributed by atoms with van der Waals surface area (Å²) in [5.41, 5.74) is 14.3. The quantitative estimate of drug-likeness (QED) is 0.277. The molecule has 9 aromatic rings. The molecule has 10 heteroatoms. The van der Waals surface area contributed by atoms with Crippen molar-refractivity contribution in [2.45, 2.75) is 0 Å². The molecule has 0 amide bonds. The SMILES string of the molecule is Bc1c(B)c(B)c(-c2nc(-c3ccccc3)nc(-c3ccc4c(c3)oc3ccc(-n5c6ccccc6c6ccccc65)cc34)n2)c(B)c1B. The van der Waals surface area contributed by atoms with E-state index < -0.39 is 0 Å². The Balaban J connectivity index is 1.22. The molecule has 6 aromatic carbocycles. The average molecular weight is 624 g/mol. The van der Waals surface area contributed by atoms with E-state index in [1.165, 1.54) is 49.1 Å². The van der Waals surface area contributed by atoms with Crippen LogP contribution in [0.1, 0.15) is 0 Å². The number of benzene rings is 6. The molecule has 0 fully saturated rings. The van der Waals surface area contributed by atoms with Crippen LogP contribution in [0.15, 0.2) is 120 Å². The molecule has 0 aliphatic carbocycles. The third-order valence-electron chi connectivity index (χ3n) is 10.4. The van der Waals surface area contributed by atoms with Crippen LogP contribution >= 0.6 is 0 Å². The Hall–Kier alpha value is -5.75. The zero-order valence-corrected chi connectivity index (χ0v) is 28.2. The number of furan rings is 1. The number of fused-ring (bicyclic) bond motifs is 6. The van der Waals surface area contributed by atoms with E-state index in [9.17, 15) is 0 Å². The van der Waals surface area contributed by atoms with Gasteiger partial charge in [0.05, 0.1) is 11.0 Å². The van der Waals surface area contributed by atoms with Crippen LogP contribution in [0.2, 0.25) is 0 Å². The molecule has 0 unspecified atom stereocenters. The Morgan fingerprint density at radius 1 is 0.429 bits per heavy atom. The Bertz CT molecular complexity index is 2710. The van der Waals surface area contributed by atoms with Crippen molar-refractivity contribution in [2.75, 3.05) is 0 Å². The van der Waals surface area contributed by atoms with Gasteiger partial charge in [-0.15, -0.1) is 16.4 Å². The first-order valence-electron chi connectivity index (χ1n) is 16.7. The number of aromatic nitrogens is 4. The summed E-state index contributed by atoms with van der Waals surface area (Å²) in [6.07, 6.45) is 0. The number of hydrogen-bond donors (Lipinski definition) is 0. The van der Waals surface area contributed by atoms with Crippen molar-refractivity contribution in [3.05, 3.63) is 115 Å². The van der Waals surface area contributed by atoms with Crippen LogP contribution in [0, 0.1) is 0 Å². The van der Waals surface area contributed by atoms with Crippen molar-refractivity contribution in [3.63, 3.8) is 0 Å². The average Bonchev–Trinajstić information content (AvgIpc) is 3.68. The van der Waals surface area contributed by atoms with Crippen LogP contribution in [0.5, 0.6) is 0 Å². The van der Waals surface area contributed by atoms with Crippen molar-refractivity contribution in [1.82, 2.24) is 19.5 Å². The molecular weight excluding hydrogens is 595 g/mol. The molecule has 9 rings (SSSR count). The summed E-state index contributed by atoms with van der Waals surface area (Å²) in [5.74, 6) is 1.95. The summed E-state index contributed by atoms with van der Waals surface area (Å²) in [7, 11) is 10.9. The van der Waals surface area contributed by atoms with Gasteiger partial charge in [-0.05, 0) is 42.5 Å². The van der Waals surface area contributed by atoms with Crippen molar-refractivity contribution in [3.8, 4) is 39.9 Å². The molecule has 5 nitrogen and oxygen atoms in total. The lowest BCUT2D eigenvalue weighted by molar-refractivity contribution is 0.669. The molecule has 0 bridgehead atoms. The first-order valence-corrected chi connectivity index (χ1v) is 16.7. The smallest absolute Gasteiger partial charge is 0.164 e. The van der Waals surface area contributed by atoms with Crippen LogP contribution in [0.4, 0.5) is 0 Å². The van der Waals surface area contributed by atoms with Gasteiger partial charge >= 0.3 is 0 Å². The fourth-order valence-electron chi connectivity index (χ4n) is 7.41. The highest BCUT2D eigenvalue weighted by atomic mass is 16.3. The van der Waals surface area contributed by atoms with Crippen LogP contribution in [-0.4, -0.2) is 58.8 Å². The van der Waals surface area contributed by atoms with E-state index in [-0.39, 0.29) is 0 Å². The van der Waals surface area contributed by atoms with E-state index in [0.717, 1.165) is 44.3 Å². The Morgan fingerprint density at radius 3 is 1.67 bits per heavy atom. The maximum absolute atomic E-state index is 6.49. The zero-order chi connectivity index (χ0) is 33.4. The molecule has 226 valence electrons. The lowest BCUT2D eigenvalue weighted by Crippen LogP contribution is -2.55. The molecule has 49 heavy (non-hydrogen) atoms. The predicted octanol–water partition coefficient (Wildman–Crippen LogP) is 1.16. The topological polar surface area (TPSA) is 56.7 Å². The molecule has 0 radical (unpaired) electrons. The molecule has 0 saturated carbocycles. The van der Waals surface area contributed by atoms with E-state index in [1.807, 2.05) is 30.3 Å². The summed E-state index contributed by atoms with van der Waals surface area (Å²) < 4.78 is 8.83. The molecular formula is C39H29B5N4O. The minimum atomic E-state index is 0.617. The van der Waals surface area contributed by atoms with Crippen molar-refractivity contribution in [2.24, 2.45) is 0 Å². The number of nitrogens with zero attached hydrogens (tertiary/aromatic N) is 4. The van der Waals surface area contributed by atoms with Gasteiger partial charge in [-0.25, -0.2) is 15.0 Å². The largest absolute Gasteiger partial charge is 0.456 e. The standard InChI is InChI=1S/C39H29B5N4O/c40-32-31(33(41)35(43)36(44)34(32)42)39-46-37(20-8-2-1-3-9-20)45-38(47-39)21-14-16-25-26-19-22(15-17-29(26)49-30(25)18-21)48-27-12-6-4-10-23(27)24-11-5-7-13-28(24)48/h1-19H,40-44H2. The summed E-state index contributed by atoms with van der Waals surface area (Å²) in [5, 5.41) is 4.61. The van der Waals surface area contributed by atoms with Crippen LogP contribution < -0.4 is 27.3 Å². The van der Waals surface area contributed by atoms with Gasteiger partial charge in [0.25, 0.3) is 0 Å². The molecule has 0 aliphatic heterocycles. The fraction of sp³-hybridized carbons (Fsp3) is 0. The number of hydrogen-bond acceptors (Lipinski definition) is 4. The lowest BCUT2D eigenvalue weighted by atomic mass is 9.60. The Labute approximate surface area is 288 Å². The minimum Gasteiger partial charge on any atom is -0.456 e. The maximum atomic E-state index is 6.49. The molecule has 0 saturated heterocycles. The van der Waals surface area contributed by atoms with Crippen LogP contribution in [0.3, 0.4) is 0 Å². The molecule has 0 aliphatic rings. The summed E-state index contributed by atoms with van der Waals surface area (Å²) in [4.78, 5) is 15.2. The van der Waals surface area contributed by atoms with Gasteiger partial charge in [0.2, 0.25) is 0 Å². The van der Waals surface area contributed by atoms with E-state index in [4.69, 9.17) is 19.4 Å². The molecule has 3 heterocycles. The Morgan fingerprint density at radius 2 is 1.00 bits per heavy atom. The van der Waals surface area contributed by atoms with E-state index >= 15 is 0 Å². The van der Waals surface area contributed by atoms with Gasteiger partial charge in [-0.2, -0.15) is 0 Å². The van der Waals surface area contributed by atoms with Gasteiger partial charge in [-0.1, -0.05) is 83.7 Å². The molecule has 3 aromatic heterocycles. The van der Waals surface area contributed by atoms with Gasteiger partial charge < -0.3 is 8.98 Å². The first kappa shape index (κ1) is 29.4. The number of para-hydroxylation sites is 2. The van der Waals surface area contributed by atoms with Gasteiger partial charge in [0.15, 0.2) is 17.5 Å². The summed E-state index contributed by atoms with van der Waals surface area (Å²) >= 11 is 0. The van der Waals surface area contributed by atoms with E-state index in [1.54, 1.807) is 0 Å². The minimum absolute atomic E-state index is 0.617.